The Morgan fingerprint density at radius 3 is 2.55 bits per heavy atom. The fraction of sp³-hybridized carbons (Fsp3) is 1.00. The zero-order valence-electron chi connectivity index (χ0n) is 7.41. The van der Waals surface area contributed by atoms with Crippen LogP contribution in [0.5, 0.6) is 0 Å². The van der Waals surface area contributed by atoms with Crippen molar-refractivity contribution in [3.05, 3.63) is 0 Å². The number of rotatable bonds is 8. The molecule has 0 radical (unpaired) electrons. The molecule has 3 heteroatoms. The van der Waals surface area contributed by atoms with Gasteiger partial charge in [0.25, 0.3) is 0 Å². The first-order chi connectivity index (χ1) is 5.41. The number of unbranched alkanes of at least 4 members (excludes halogenated alkanes) is 1. The van der Waals surface area contributed by atoms with Crippen LogP contribution in [0.3, 0.4) is 0 Å². The number of halogens is 1. The summed E-state index contributed by atoms with van der Waals surface area (Å²) in [5, 5.41) is 3.42. The fourth-order valence-electron chi connectivity index (χ4n) is 0.845. The van der Waals surface area contributed by atoms with Crippen LogP contribution in [0.25, 0.3) is 0 Å². The van der Waals surface area contributed by atoms with Gasteiger partial charge < -0.3 is 0 Å². The Labute approximate surface area is 80.6 Å². The van der Waals surface area contributed by atoms with Gasteiger partial charge >= 0.3 is 80.5 Å². The second-order valence-corrected chi connectivity index (χ2v) is 5.16. The fourth-order valence-corrected chi connectivity index (χ4v) is 1.99. The molecule has 0 unspecified atom stereocenters. The van der Waals surface area contributed by atoms with Crippen molar-refractivity contribution >= 4 is 0 Å². The minimum absolute atomic E-state index is 0.518. The topological polar surface area (TPSA) is 38.0 Å². The monoisotopic (exact) mass is 271 g/mol. The summed E-state index contributed by atoms with van der Waals surface area (Å²) in [6, 6.07) is 0. The molecule has 0 bridgehead atoms. The summed E-state index contributed by atoms with van der Waals surface area (Å²) in [6.07, 6.45) is 3.76. The van der Waals surface area contributed by atoms with Crippen molar-refractivity contribution in [3.8, 4) is 0 Å². The van der Waals surface area contributed by atoms with E-state index in [1.54, 1.807) is 0 Å². The van der Waals surface area contributed by atoms with Crippen molar-refractivity contribution in [2.45, 2.75) is 19.3 Å². The van der Waals surface area contributed by atoms with E-state index in [-0.39, 0.29) is 0 Å². The molecule has 0 atom stereocenters. The Morgan fingerprint density at radius 1 is 1.18 bits per heavy atom. The molecule has 0 saturated heterocycles. The molecule has 0 aliphatic carbocycles. The van der Waals surface area contributed by atoms with Crippen molar-refractivity contribution in [2.24, 2.45) is 5.73 Å². The van der Waals surface area contributed by atoms with Crippen LogP contribution in [0.2, 0.25) is 0 Å². The summed E-state index contributed by atoms with van der Waals surface area (Å²) in [7, 11) is 0. The molecular weight excluding hydrogens is 251 g/mol. The standard InChI is InChI=1S/C8H20IN2/c1-9-5-4-8-11-7-3-2-6-10/h11H,2-8,10H2,1H3/q-1. The van der Waals surface area contributed by atoms with E-state index >= 15 is 0 Å². The van der Waals surface area contributed by atoms with Gasteiger partial charge in [-0.25, -0.2) is 0 Å². The van der Waals surface area contributed by atoms with Gasteiger partial charge in [0.15, 0.2) is 0 Å². The van der Waals surface area contributed by atoms with E-state index in [9.17, 15) is 0 Å². The quantitative estimate of drug-likeness (QED) is 0.289. The molecule has 0 amide bonds. The Kier molecular flexibility index (Phi) is 11.3. The normalized spacial score (nSPS) is 10.7. The molecular formula is C8H20IN2-. The molecule has 11 heavy (non-hydrogen) atoms. The van der Waals surface area contributed by atoms with E-state index in [4.69, 9.17) is 5.73 Å². The summed E-state index contributed by atoms with van der Waals surface area (Å²) in [4.78, 5) is 2.34. The third-order valence-corrected chi connectivity index (χ3v) is 3.33. The van der Waals surface area contributed by atoms with Crippen LogP contribution in [-0.4, -0.2) is 29.0 Å². The second-order valence-electron chi connectivity index (χ2n) is 2.56. The van der Waals surface area contributed by atoms with E-state index in [0.717, 1.165) is 19.5 Å². The number of nitrogens with two attached hydrogens (primary N) is 1. The van der Waals surface area contributed by atoms with Gasteiger partial charge in [0.1, 0.15) is 0 Å². The van der Waals surface area contributed by atoms with Crippen LogP contribution in [0, 0.1) is 0 Å². The molecule has 0 saturated carbocycles. The zero-order chi connectivity index (χ0) is 8.36. The van der Waals surface area contributed by atoms with Gasteiger partial charge in [-0.15, -0.1) is 0 Å². The van der Waals surface area contributed by atoms with E-state index in [0.29, 0.717) is 21.2 Å². The van der Waals surface area contributed by atoms with Crippen molar-refractivity contribution in [1.29, 1.82) is 0 Å². The minimum atomic E-state index is 0.518. The molecule has 0 spiro atoms. The predicted octanol–water partition coefficient (Wildman–Crippen LogP) is -2.58. The summed E-state index contributed by atoms with van der Waals surface area (Å²) in [5.74, 6) is 0. The third kappa shape index (κ3) is 10.7. The van der Waals surface area contributed by atoms with Crippen molar-refractivity contribution < 1.29 is 21.2 Å². The molecule has 0 fully saturated rings. The maximum atomic E-state index is 5.37. The molecule has 0 aromatic carbocycles. The third-order valence-electron chi connectivity index (χ3n) is 1.48. The van der Waals surface area contributed by atoms with Crippen molar-refractivity contribution in [1.82, 2.24) is 5.32 Å². The summed E-state index contributed by atoms with van der Waals surface area (Å²) < 4.78 is 1.46. The maximum absolute atomic E-state index is 5.37. The van der Waals surface area contributed by atoms with Crippen LogP contribution in [-0.2, 0) is 0 Å². The van der Waals surface area contributed by atoms with E-state index in [1.165, 1.54) is 23.8 Å². The van der Waals surface area contributed by atoms with E-state index in [1.807, 2.05) is 0 Å². The molecule has 3 N–H and O–H groups in total. The molecule has 0 aromatic rings. The van der Waals surface area contributed by atoms with Crippen LogP contribution in [0.1, 0.15) is 19.3 Å². The van der Waals surface area contributed by atoms with Gasteiger partial charge in [-0.3, -0.25) is 0 Å². The van der Waals surface area contributed by atoms with Crippen LogP contribution >= 0.6 is 0 Å². The molecule has 0 aliphatic heterocycles. The molecule has 0 heterocycles. The average molecular weight is 271 g/mol. The summed E-state index contributed by atoms with van der Waals surface area (Å²) >= 11 is 0.518. The molecule has 2 nitrogen and oxygen atoms in total. The first kappa shape index (κ1) is 11.6. The molecule has 0 aromatic heterocycles. The Morgan fingerprint density at radius 2 is 1.91 bits per heavy atom. The van der Waals surface area contributed by atoms with Gasteiger partial charge in [-0.1, -0.05) is 0 Å². The number of alkyl halides is 2. The summed E-state index contributed by atoms with van der Waals surface area (Å²) in [5.41, 5.74) is 5.37. The second kappa shape index (κ2) is 10.7. The van der Waals surface area contributed by atoms with Gasteiger partial charge in [0.05, 0.1) is 0 Å². The van der Waals surface area contributed by atoms with E-state index in [2.05, 4.69) is 10.2 Å². The van der Waals surface area contributed by atoms with Crippen LogP contribution < -0.4 is 32.3 Å². The average Bonchev–Trinajstić information content (AvgIpc) is 2.03. The number of hydrogen-bond acceptors (Lipinski definition) is 2. The molecule has 70 valence electrons. The Bertz CT molecular complexity index is 61.1. The number of nitrogens with one attached hydrogen (secondary N) is 1. The van der Waals surface area contributed by atoms with Gasteiger partial charge in [-0.05, 0) is 0 Å². The van der Waals surface area contributed by atoms with Gasteiger partial charge in [0, 0.05) is 0 Å². The summed E-state index contributed by atoms with van der Waals surface area (Å²) in [6.45, 7) is 3.19. The predicted molar refractivity (Wildman–Crippen MR) is 46.6 cm³/mol. The van der Waals surface area contributed by atoms with E-state index < -0.39 is 0 Å². The molecule has 0 rings (SSSR count). The van der Waals surface area contributed by atoms with Crippen LogP contribution in [0.4, 0.5) is 0 Å². The zero-order valence-corrected chi connectivity index (χ0v) is 9.56. The van der Waals surface area contributed by atoms with Gasteiger partial charge in [0.2, 0.25) is 0 Å². The number of hydrogen-bond donors (Lipinski definition) is 2. The van der Waals surface area contributed by atoms with Gasteiger partial charge in [-0.2, -0.15) is 0 Å². The Balaban J connectivity index is 2.69. The first-order valence-corrected chi connectivity index (χ1v) is 7.94. The first-order valence-electron chi connectivity index (χ1n) is 4.26. The SMILES string of the molecule is C[I-]CCCNCCCCN. The van der Waals surface area contributed by atoms with Crippen LogP contribution in [0.15, 0.2) is 0 Å². The Hall–Kier alpha value is 0.650. The van der Waals surface area contributed by atoms with Crippen molar-refractivity contribution in [2.75, 3.05) is 29.0 Å². The van der Waals surface area contributed by atoms with Crippen molar-refractivity contribution in [3.63, 3.8) is 0 Å². The molecule has 0 aliphatic rings.